The first-order valence-electron chi connectivity index (χ1n) is 8.49. The van der Waals surface area contributed by atoms with E-state index in [0.29, 0.717) is 0 Å². The topological polar surface area (TPSA) is 179 Å². The van der Waals surface area contributed by atoms with Crippen LogP contribution < -0.4 is 14.2 Å². The molecule has 0 bridgehead atoms. The van der Waals surface area contributed by atoms with E-state index in [1.165, 1.54) is 26.4 Å². The summed E-state index contributed by atoms with van der Waals surface area (Å²) < 4.78 is 21.3. The fourth-order valence-electron chi connectivity index (χ4n) is 2.79. The van der Waals surface area contributed by atoms with E-state index in [-0.39, 0.29) is 22.8 Å². The summed E-state index contributed by atoms with van der Waals surface area (Å²) in [5, 5.41) is 67.9. The number of rotatable bonds is 8. The number of hydrogen-bond acceptors (Lipinski definition) is 11. The van der Waals surface area contributed by atoms with Crippen LogP contribution in [0.5, 0.6) is 17.2 Å². The number of ether oxygens (including phenoxy) is 4. The quantitative estimate of drug-likeness (QED) is 0.238. The third-order valence-electron chi connectivity index (χ3n) is 4.46. The SMILES string of the molecule is COc1cc([C@H](O)[C@H](O)CO)cc(OC)c1O[C@@H]1O[C@H](CO)[C@@H](O)[C@H](O)[C@H]1O. The Morgan fingerprint density at radius 2 is 1.54 bits per heavy atom. The first-order chi connectivity index (χ1) is 13.3. The van der Waals surface area contributed by atoms with Gasteiger partial charge in [0.1, 0.15) is 36.6 Å². The highest BCUT2D eigenvalue weighted by molar-refractivity contribution is 5.54. The molecule has 0 amide bonds. The molecule has 28 heavy (non-hydrogen) atoms. The lowest BCUT2D eigenvalue weighted by molar-refractivity contribution is -0.277. The van der Waals surface area contributed by atoms with Crippen LogP contribution in [0.25, 0.3) is 0 Å². The molecule has 2 rings (SSSR count). The molecule has 0 unspecified atom stereocenters. The maximum absolute atomic E-state index is 10.1. The molecule has 160 valence electrons. The van der Waals surface area contributed by atoms with Crippen molar-refractivity contribution in [2.75, 3.05) is 27.4 Å². The Bertz CT molecular complexity index is 613. The van der Waals surface area contributed by atoms with Crippen molar-refractivity contribution in [2.45, 2.75) is 42.9 Å². The summed E-state index contributed by atoms with van der Waals surface area (Å²) >= 11 is 0. The lowest BCUT2D eigenvalue weighted by Crippen LogP contribution is -2.60. The smallest absolute Gasteiger partial charge is 0.229 e. The van der Waals surface area contributed by atoms with Gasteiger partial charge in [0.25, 0.3) is 0 Å². The molecule has 0 saturated carbocycles. The van der Waals surface area contributed by atoms with Gasteiger partial charge in [0.05, 0.1) is 27.4 Å². The standard InChI is InChI=1S/C17H26O11/c1-25-9-3-7(12(21)8(20)5-18)4-10(26-2)16(9)28-17-15(24)14(23)13(22)11(6-19)27-17/h3-4,8,11-15,17-24H,5-6H2,1-2H3/t8-,11-,12+,13-,14+,15-,17+/m1/s1. The number of methoxy groups -OCH3 is 2. The third-order valence-corrected chi connectivity index (χ3v) is 4.46. The molecule has 1 aromatic rings. The van der Waals surface area contributed by atoms with Crippen LogP contribution in [-0.4, -0.2) is 100.0 Å². The predicted octanol–water partition coefficient (Wildman–Crippen LogP) is -2.73. The van der Waals surface area contributed by atoms with E-state index in [2.05, 4.69) is 0 Å². The molecule has 11 nitrogen and oxygen atoms in total. The highest BCUT2D eigenvalue weighted by Gasteiger charge is 2.45. The lowest BCUT2D eigenvalue weighted by Gasteiger charge is -2.39. The average molecular weight is 406 g/mol. The second-order valence-corrected chi connectivity index (χ2v) is 6.26. The molecule has 1 aliphatic rings. The Morgan fingerprint density at radius 1 is 0.964 bits per heavy atom. The molecule has 0 aliphatic carbocycles. The largest absolute Gasteiger partial charge is 0.493 e. The van der Waals surface area contributed by atoms with E-state index >= 15 is 0 Å². The average Bonchev–Trinajstić information content (AvgIpc) is 2.72. The van der Waals surface area contributed by atoms with E-state index in [1.54, 1.807) is 0 Å². The van der Waals surface area contributed by atoms with Crippen molar-refractivity contribution in [1.29, 1.82) is 0 Å². The third kappa shape index (κ3) is 4.47. The molecule has 1 fully saturated rings. The predicted molar refractivity (Wildman–Crippen MR) is 92.0 cm³/mol. The molecule has 0 radical (unpaired) electrons. The van der Waals surface area contributed by atoms with E-state index in [4.69, 9.17) is 24.1 Å². The summed E-state index contributed by atoms with van der Waals surface area (Å²) in [5.74, 6) is 0.0229. The van der Waals surface area contributed by atoms with Gasteiger partial charge in [0.15, 0.2) is 11.5 Å². The van der Waals surface area contributed by atoms with Crippen LogP contribution in [-0.2, 0) is 4.74 Å². The van der Waals surface area contributed by atoms with Crippen LogP contribution in [0.3, 0.4) is 0 Å². The van der Waals surface area contributed by atoms with Gasteiger partial charge < -0.3 is 54.7 Å². The Kier molecular flexibility index (Phi) is 7.80. The van der Waals surface area contributed by atoms with Crippen molar-refractivity contribution in [1.82, 2.24) is 0 Å². The van der Waals surface area contributed by atoms with E-state index in [1.807, 2.05) is 0 Å². The molecule has 0 spiro atoms. The zero-order chi connectivity index (χ0) is 21.0. The van der Waals surface area contributed by atoms with E-state index in [9.17, 15) is 30.6 Å². The van der Waals surface area contributed by atoms with Gasteiger partial charge in [-0.3, -0.25) is 0 Å². The first-order valence-corrected chi connectivity index (χ1v) is 8.49. The number of benzene rings is 1. The van der Waals surface area contributed by atoms with Crippen molar-refractivity contribution in [3.63, 3.8) is 0 Å². The minimum Gasteiger partial charge on any atom is -0.493 e. The van der Waals surface area contributed by atoms with Gasteiger partial charge in [-0.2, -0.15) is 0 Å². The fraction of sp³-hybridized carbons (Fsp3) is 0.647. The van der Waals surface area contributed by atoms with Crippen LogP contribution in [0.4, 0.5) is 0 Å². The highest BCUT2D eigenvalue weighted by atomic mass is 16.7. The van der Waals surface area contributed by atoms with Gasteiger partial charge in [-0.1, -0.05) is 0 Å². The van der Waals surface area contributed by atoms with Crippen LogP contribution in [0.1, 0.15) is 11.7 Å². The van der Waals surface area contributed by atoms with Crippen molar-refractivity contribution in [3.8, 4) is 17.2 Å². The normalized spacial score (nSPS) is 29.8. The van der Waals surface area contributed by atoms with Gasteiger partial charge in [-0.15, -0.1) is 0 Å². The maximum Gasteiger partial charge on any atom is 0.229 e. The summed E-state index contributed by atoms with van der Waals surface area (Å²) in [7, 11) is 2.60. The summed E-state index contributed by atoms with van der Waals surface area (Å²) in [5.41, 5.74) is 0.163. The second kappa shape index (κ2) is 9.67. The molecule has 11 heteroatoms. The molecular formula is C17H26O11. The number of hydrogen-bond donors (Lipinski definition) is 7. The molecular weight excluding hydrogens is 380 g/mol. The molecule has 1 aromatic carbocycles. The second-order valence-electron chi connectivity index (χ2n) is 6.26. The molecule has 1 aliphatic heterocycles. The minimum atomic E-state index is -1.64. The van der Waals surface area contributed by atoms with Crippen molar-refractivity contribution < 1.29 is 54.7 Å². The zero-order valence-electron chi connectivity index (χ0n) is 15.4. The molecule has 7 atom stereocenters. The monoisotopic (exact) mass is 406 g/mol. The van der Waals surface area contributed by atoms with Gasteiger partial charge in [-0.25, -0.2) is 0 Å². The van der Waals surface area contributed by atoms with E-state index < -0.39 is 56.1 Å². The van der Waals surface area contributed by atoms with Crippen LogP contribution in [0.2, 0.25) is 0 Å². The Hall–Kier alpha value is -1.70. The number of aliphatic hydroxyl groups excluding tert-OH is 7. The first kappa shape index (κ1) is 22.6. The summed E-state index contributed by atoms with van der Waals surface area (Å²) in [6, 6.07) is 2.65. The summed E-state index contributed by atoms with van der Waals surface area (Å²) in [6.07, 6.45) is -10.3. The van der Waals surface area contributed by atoms with Crippen LogP contribution >= 0.6 is 0 Å². The molecule has 1 saturated heterocycles. The summed E-state index contributed by atoms with van der Waals surface area (Å²) in [4.78, 5) is 0. The molecule has 0 aromatic heterocycles. The highest BCUT2D eigenvalue weighted by Crippen LogP contribution is 2.42. The lowest BCUT2D eigenvalue weighted by atomic mass is 9.99. The van der Waals surface area contributed by atoms with Gasteiger partial charge in [0, 0.05) is 0 Å². The number of aliphatic hydroxyl groups is 7. The fourth-order valence-corrected chi connectivity index (χ4v) is 2.79. The van der Waals surface area contributed by atoms with Crippen molar-refractivity contribution in [3.05, 3.63) is 17.7 Å². The maximum atomic E-state index is 10.1. The van der Waals surface area contributed by atoms with Gasteiger partial charge in [-0.05, 0) is 17.7 Å². The Labute approximate surface area is 160 Å². The van der Waals surface area contributed by atoms with Gasteiger partial charge in [0.2, 0.25) is 12.0 Å². The molecule has 1 heterocycles. The minimum absolute atomic E-state index is 0.0375. The molecule has 7 N–H and O–H groups in total. The van der Waals surface area contributed by atoms with Crippen molar-refractivity contribution >= 4 is 0 Å². The Balaban J connectivity index is 2.36. The van der Waals surface area contributed by atoms with Crippen LogP contribution in [0.15, 0.2) is 12.1 Å². The van der Waals surface area contributed by atoms with Crippen molar-refractivity contribution in [2.24, 2.45) is 0 Å². The van der Waals surface area contributed by atoms with E-state index in [0.717, 1.165) is 0 Å². The Morgan fingerprint density at radius 3 is 2.00 bits per heavy atom. The zero-order valence-corrected chi connectivity index (χ0v) is 15.4. The van der Waals surface area contributed by atoms with Gasteiger partial charge >= 0.3 is 0 Å². The summed E-state index contributed by atoms with van der Waals surface area (Å²) in [6.45, 7) is -1.29. The van der Waals surface area contributed by atoms with Crippen LogP contribution in [0, 0.1) is 0 Å².